The van der Waals surface area contributed by atoms with E-state index in [0.717, 1.165) is 11.1 Å². The Morgan fingerprint density at radius 3 is 2.52 bits per heavy atom. The van der Waals surface area contributed by atoms with E-state index in [9.17, 15) is 9.18 Å². The Hall–Kier alpha value is -2.95. The lowest BCUT2D eigenvalue weighted by Gasteiger charge is -2.03. The number of aryl methyl sites for hydroxylation is 1. The summed E-state index contributed by atoms with van der Waals surface area (Å²) in [7, 11) is 0. The van der Waals surface area contributed by atoms with Gasteiger partial charge in [-0.1, -0.05) is 29.8 Å². The Balaban J connectivity index is 1.66. The molecule has 1 N–H and O–H groups in total. The molecule has 0 saturated heterocycles. The highest BCUT2D eigenvalue weighted by Crippen LogP contribution is 2.11. The number of carbonyl (C=O) groups excluding carboxylic acids is 1. The molecule has 116 valence electrons. The standard InChI is InChI=1S/C18H16FN3O/c1-13-2-6-15(7-3-13)18(23)21-17-10-20-22(12-17)11-14-4-8-16(19)9-5-14/h2-10,12H,11H2,1H3,(H,21,23). The smallest absolute Gasteiger partial charge is 0.255 e. The molecule has 2 aromatic carbocycles. The van der Waals surface area contributed by atoms with E-state index >= 15 is 0 Å². The van der Waals surface area contributed by atoms with Crippen LogP contribution >= 0.6 is 0 Å². The van der Waals surface area contributed by atoms with Gasteiger partial charge >= 0.3 is 0 Å². The van der Waals surface area contributed by atoms with Gasteiger partial charge in [0.05, 0.1) is 18.4 Å². The summed E-state index contributed by atoms with van der Waals surface area (Å²) in [5.41, 5.74) is 3.26. The molecule has 1 heterocycles. The fraction of sp³-hybridized carbons (Fsp3) is 0.111. The Kier molecular flexibility index (Phi) is 4.19. The zero-order valence-corrected chi connectivity index (χ0v) is 12.7. The molecule has 0 fully saturated rings. The summed E-state index contributed by atoms with van der Waals surface area (Å²) in [5.74, 6) is -0.438. The maximum absolute atomic E-state index is 12.9. The van der Waals surface area contributed by atoms with Crippen LogP contribution < -0.4 is 5.32 Å². The van der Waals surface area contributed by atoms with Crippen molar-refractivity contribution in [1.82, 2.24) is 9.78 Å². The number of aromatic nitrogens is 2. The van der Waals surface area contributed by atoms with Gasteiger partial charge in [-0.3, -0.25) is 9.48 Å². The fourth-order valence-corrected chi connectivity index (χ4v) is 2.20. The van der Waals surface area contributed by atoms with E-state index in [0.29, 0.717) is 17.8 Å². The molecule has 1 aromatic heterocycles. The molecular formula is C18H16FN3O. The lowest BCUT2D eigenvalue weighted by molar-refractivity contribution is 0.102. The van der Waals surface area contributed by atoms with Crippen molar-refractivity contribution in [2.45, 2.75) is 13.5 Å². The van der Waals surface area contributed by atoms with Crippen LogP contribution in [-0.4, -0.2) is 15.7 Å². The summed E-state index contributed by atoms with van der Waals surface area (Å²) < 4.78 is 14.6. The Morgan fingerprint density at radius 2 is 1.83 bits per heavy atom. The summed E-state index contributed by atoms with van der Waals surface area (Å²) in [4.78, 5) is 12.1. The summed E-state index contributed by atoms with van der Waals surface area (Å²) in [6.45, 7) is 2.49. The first kappa shape index (κ1) is 15.0. The lowest BCUT2D eigenvalue weighted by atomic mass is 10.1. The maximum Gasteiger partial charge on any atom is 0.255 e. The molecule has 3 rings (SSSR count). The van der Waals surface area contributed by atoms with E-state index in [1.807, 2.05) is 19.1 Å². The first-order chi connectivity index (χ1) is 11.1. The normalized spacial score (nSPS) is 10.5. The summed E-state index contributed by atoms with van der Waals surface area (Å²) in [6.07, 6.45) is 3.34. The molecule has 0 saturated carbocycles. The zero-order valence-electron chi connectivity index (χ0n) is 12.7. The van der Waals surface area contributed by atoms with E-state index in [1.165, 1.54) is 12.1 Å². The molecule has 3 aromatic rings. The van der Waals surface area contributed by atoms with Gasteiger partial charge in [-0.2, -0.15) is 5.10 Å². The van der Waals surface area contributed by atoms with Crippen LogP contribution in [0.1, 0.15) is 21.5 Å². The highest BCUT2D eigenvalue weighted by atomic mass is 19.1. The first-order valence-corrected chi connectivity index (χ1v) is 7.25. The van der Waals surface area contributed by atoms with Gasteiger partial charge in [-0.25, -0.2) is 4.39 Å². The summed E-state index contributed by atoms with van der Waals surface area (Å²) in [6, 6.07) is 13.6. The van der Waals surface area contributed by atoms with Crippen LogP contribution in [0, 0.1) is 12.7 Å². The van der Waals surface area contributed by atoms with Gasteiger partial charge in [0.15, 0.2) is 0 Å². The molecule has 1 amide bonds. The van der Waals surface area contributed by atoms with Gasteiger partial charge in [0.2, 0.25) is 0 Å². The quantitative estimate of drug-likeness (QED) is 0.800. The number of anilines is 1. The molecular weight excluding hydrogens is 293 g/mol. The van der Waals surface area contributed by atoms with Crippen LogP contribution in [0.3, 0.4) is 0 Å². The molecule has 0 radical (unpaired) electrons. The molecule has 0 aliphatic rings. The monoisotopic (exact) mass is 309 g/mol. The van der Waals surface area contributed by atoms with Crippen LogP contribution in [0.4, 0.5) is 10.1 Å². The fourth-order valence-electron chi connectivity index (χ4n) is 2.20. The number of amides is 1. The van der Waals surface area contributed by atoms with Gasteiger partial charge in [0, 0.05) is 11.8 Å². The van der Waals surface area contributed by atoms with E-state index < -0.39 is 0 Å². The van der Waals surface area contributed by atoms with Crippen molar-refractivity contribution < 1.29 is 9.18 Å². The number of hydrogen-bond acceptors (Lipinski definition) is 2. The molecule has 0 spiro atoms. The van der Waals surface area contributed by atoms with Crippen LogP contribution in [-0.2, 0) is 6.54 Å². The van der Waals surface area contributed by atoms with Crippen molar-refractivity contribution in [1.29, 1.82) is 0 Å². The van der Waals surface area contributed by atoms with Crippen LogP contribution in [0.25, 0.3) is 0 Å². The third-order valence-electron chi connectivity index (χ3n) is 3.46. The minimum Gasteiger partial charge on any atom is -0.319 e. The topological polar surface area (TPSA) is 46.9 Å². The predicted molar refractivity (Wildman–Crippen MR) is 86.9 cm³/mol. The molecule has 0 aliphatic carbocycles. The Morgan fingerprint density at radius 1 is 1.13 bits per heavy atom. The molecule has 23 heavy (non-hydrogen) atoms. The average molecular weight is 309 g/mol. The molecule has 0 aliphatic heterocycles. The number of nitrogens with one attached hydrogen (secondary N) is 1. The zero-order chi connectivity index (χ0) is 16.2. The molecule has 4 nitrogen and oxygen atoms in total. The number of carbonyl (C=O) groups is 1. The number of hydrogen-bond donors (Lipinski definition) is 1. The predicted octanol–water partition coefficient (Wildman–Crippen LogP) is 3.63. The average Bonchev–Trinajstić information content (AvgIpc) is 2.97. The van der Waals surface area contributed by atoms with Crippen molar-refractivity contribution >= 4 is 11.6 Å². The van der Waals surface area contributed by atoms with E-state index in [2.05, 4.69) is 10.4 Å². The number of benzene rings is 2. The number of rotatable bonds is 4. The van der Waals surface area contributed by atoms with Crippen LogP contribution in [0.5, 0.6) is 0 Å². The van der Waals surface area contributed by atoms with Gasteiger partial charge in [0.25, 0.3) is 5.91 Å². The van der Waals surface area contributed by atoms with Crippen molar-refractivity contribution in [3.05, 3.63) is 83.4 Å². The molecule has 0 unspecified atom stereocenters. The maximum atomic E-state index is 12.9. The van der Waals surface area contributed by atoms with Crippen LogP contribution in [0.2, 0.25) is 0 Å². The van der Waals surface area contributed by atoms with Gasteiger partial charge in [0.1, 0.15) is 5.82 Å². The largest absolute Gasteiger partial charge is 0.319 e. The second-order valence-corrected chi connectivity index (χ2v) is 5.37. The van der Waals surface area contributed by atoms with Crippen LogP contribution in [0.15, 0.2) is 60.9 Å². The van der Waals surface area contributed by atoms with E-state index in [4.69, 9.17) is 0 Å². The van der Waals surface area contributed by atoms with Crippen molar-refractivity contribution in [3.63, 3.8) is 0 Å². The highest BCUT2D eigenvalue weighted by Gasteiger charge is 2.07. The molecule has 5 heteroatoms. The summed E-state index contributed by atoms with van der Waals surface area (Å²) >= 11 is 0. The second kappa shape index (κ2) is 6.44. The molecule has 0 atom stereocenters. The van der Waals surface area contributed by atoms with Crippen molar-refractivity contribution in [2.24, 2.45) is 0 Å². The Labute approximate surface area is 133 Å². The van der Waals surface area contributed by atoms with Gasteiger partial charge in [-0.15, -0.1) is 0 Å². The minimum absolute atomic E-state index is 0.175. The summed E-state index contributed by atoms with van der Waals surface area (Å²) in [5, 5.41) is 7.01. The lowest BCUT2D eigenvalue weighted by Crippen LogP contribution is -2.11. The van der Waals surface area contributed by atoms with Crippen molar-refractivity contribution in [2.75, 3.05) is 5.32 Å². The van der Waals surface area contributed by atoms with E-state index in [-0.39, 0.29) is 11.7 Å². The minimum atomic E-state index is -0.264. The van der Waals surface area contributed by atoms with E-state index in [1.54, 1.807) is 41.3 Å². The van der Waals surface area contributed by atoms with Gasteiger partial charge in [-0.05, 0) is 36.8 Å². The SMILES string of the molecule is Cc1ccc(C(=O)Nc2cnn(Cc3ccc(F)cc3)c2)cc1. The molecule has 0 bridgehead atoms. The Bertz CT molecular complexity index is 807. The third-order valence-corrected chi connectivity index (χ3v) is 3.46. The third kappa shape index (κ3) is 3.83. The first-order valence-electron chi connectivity index (χ1n) is 7.25. The van der Waals surface area contributed by atoms with Crippen molar-refractivity contribution in [3.8, 4) is 0 Å². The highest BCUT2D eigenvalue weighted by molar-refractivity contribution is 6.04. The van der Waals surface area contributed by atoms with Gasteiger partial charge < -0.3 is 5.32 Å². The second-order valence-electron chi connectivity index (χ2n) is 5.37. The number of halogens is 1. The number of nitrogens with zero attached hydrogens (tertiary/aromatic N) is 2.